The predicted octanol–water partition coefficient (Wildman–Crippen LogP) is 2.72. The van der Waals surface area contributed by atoms with Crippen molar-refractivity contribution in [1.82, 2.24) is 5.32 Å². The van der Waals surface area contributed by atoms with Crippen LogP contribution in [0.5, 0.6) is 5.75 Å². The highest BCUT2D eigenvalue weighted by Crippen LogP contribution is 2.28. The number of rotatable bonds is 8. The smallest absolute Gasteiger partial charge is 0.255 e. The van der Waals surface area contributed by atoms with Gasteiger partial charge >= 0.3 is 0 Å². The molecule has 0 aliphatic rings. The van der Waals surface area contributed by atoms with Crippen molar-refractivity contribution in [3.05, 3.63) is 22.7 Å². The third-order valence-electron chi connectivity index (χ3n) is 2.93. The van der Waals surface area contributed by atoms with Crippen LogP contribution in [-0.4, -0.2) is 32.8 Å². The summed E-state index contributed by atoms with van der Waals surface area (Å²) < 4.78 is 10.6. The van der Waals surface area contributed by atoms with Crippen LogP contribution in [0.1, 0.15) is 30.6 Å². The van der Waals surface area contributed by atoms with Crippen LogP contribution in [0, 0.1) is 5.92 Å². The maximum absolute atomic E-state index is 12.1. The van der Waals surface area contributed by atoms with E-state index in [4.69, 9.17) is 26.8 Å². The lowest BCUT2D eigenvalue weighted by atomic mass is 10.1. The zero-order chi connectivity index (χ0) is 15.8. The molecule has 6 heteroatoms. The number of carbonyl (C=O) groups is 1. The van der Waals surface area contributed by atoms with Crippen LogP contribution in [0.4, 0.5) is 5.69 Å². The van der Waals surface area contributed by atoms with E-state index < -0.39 is 0 Å². The SMILES string of the molecule is COc1cc(N)c(Cl)cc1C(=O)NCCOCCC(C)C. The predicted molar refractivity (Wildman–Crippen MR) is 85.0 cm³/mol. The number of hydrogen-bond donors (Lipinski definition) is 2. The Bertz CT molecular complexity index is 478. The summed E-state index contributed by atoms with van der Waals surface area (Å²) in [5, 5.41) is 3.09. The van der Waals surface area contributed by atoms with E-state index in [9.17, 15) is 4.79 Å². The molecule has 1 amide bonds. The molecule has 0 bridgehead atoms. The molecule has 0 radical (unpaired) electrons. The van der Waals surface area contributed by atoms with Gasteiger partial charge in [-0.05, 0) is 18.4 Å². The van der Waals surface area contributed by atoms with Gasteiger partial charge in [-0.2, -0.15) is 0 Å². The molecule has 1 aromatic carbocycles. The minimum absolute atomic E-state index is 0.263. The van der Waals surface area contributed by atoms with Gasteiger partial charge in [0.15, 0.2) is 0 Å². The Morgan fingerprint density at radius 2 is 2.10 bits per heavy atom. The molecule has 5 nitrogen and oxygen atoms in total. The topological polar surface area (TPSA) is 73.6 Å². The van der Waals surface area contributed by atoms with Crippen LogP contribution in [0.25, 0.3) is 0 Å². The molecule has 0 aliphatic heterocycles. The zero-order valence-corrected chi connectivity index (χ0v) is 13.5. The largest absolute Gasteiger partial charge is 0.496 e. The molecule has 1 rings (SSSR count). The van der Waals surface area contributed by atoms with Crippen molar-refractivity contribution in [3.63, 3.8) is 0 Å². The van der Waals surface area contributed by atoms with Gasteiger partial charge in [0.1, 0.15) is 5.75 Å². The minimum Gasteiger partial charge on any atom is -0.496 e. The van der Waals surface area contributed by atoms with Gasteiger partial charge in [-0.3, -0.25) is 4.79 Å². The molecule has 0 saturated heterocycles. The molecule has 0 aliphatic carbocycles. The lowest BCUT2D eigenvalue weighted by molar-refractivity contribution is 0.0903. The fourth-order valence-corrected chi connectivity index (χ4v) is 1.83. The second-order valence-corrected chi connectivity index (χ2v) is 5.53. The number of anilines is 1. The molecule has 0 saturated carbocycles. The van der Waals surface area contributed by atoms with E-state index in [2.05, 4.69) is 19.2 Å². The minimum atomic E-state index is -0.263. The Morgan fingerprint density at radius 1 is 1.38 bits per heavy atom. The highest BCUT2D eigenvalue weighted by atomic mass is 35.5. The quantitative estimate of drug-likeness (QED) is 0.571. The van der Waals surface area contributed by atoms with Crippen LogP contribution in [0.3, 0.4) is 0 Å². The van der Waals surface area contributed by atoms with Gasteiger partial charge < -0.3 is 20.5 Å². The Balaban J connectivity index is 2.47. The molecule has 118 valence electrons. The van der Waals surface area contributed by atoms with Gasteiger partial charge in [-0.15, -0.1) is 0 Å². The summed E-state index contributed by atoms with van der Waals surface area (Å²) in [7, 11) is 1.48. The maximum Gasteiger partial charge on any atom is 0.255 e. The Morgan fingerprint density at radius 3 is 2.71 bits per heavy atom. The fraction of sp³-hybridized carbons (Fsp3) is 0.533. The van der Waals surface area contributed by atoms with E-state index >= 15 is 0 Å². The van der Waals surface area contributed by atoms with Gasteiger partial charge in [-0.25, -0.2) is 0 Å². The van der Waals surface area contributed by atoms with Crippen molar-refractivity contribution in [2.24, 2.45) is 5.92 Å². The van der Waals surface area contributed by atoms with Crippen molar-refractivity contribution < 1.29 is 14.3 Å². The van der Waals surface area contributed by atoms with Crippen LogP contribution in [0.2, 0.25) is 5.02 Å². The normalized spacial score (nSPS) is 10.7. The molecule has 21 heavy (non-hydrogen) atoms. The highest BCUT2D eigenvalue weighted by Gasteiger charge is 2.14. The summed E-state index contributed by atoms with van der Waals surface area (Å²) in [4.78, 5) is 12.1. The van der Waals surface area contributed by atoms with E-state index in [1.807, 2.05) is 0 Å². The van der Waals surface area contributed by atoms with Gasteiger partial charge in [0, 0.05) is 19.2 Å². The molecule has 0 unspecified atom stereocenters. The number of benzene rings is 1. The molecular formula is C15H23ClN2O3. The second kappa shape index (κ2) is 8.74. The summed E-state index contributed by atoms with van der Waals surface area (Å²) in [6.45, 7) is 5.89. The zero-order valence-electron chi connectivity index (χ0n) is 12.7. The van der Waals surface area contributed by atoms with Gasteiger partial charge in [-0.1, -0.05) is 25.4 Å². The Labute approximate surface area is 130 Å². The number of amides is 1. The standard InChI is InChI=1S/C15H23ClN2O3/c1-10(2)4-6-21-7-5-18-15(19)11-8-12(16)13(17)9-14(11)20-3/h8-10H,4-7,17H2,1-3H3,(H,18,19). The number of ether oxygens (including phenoxy) is 2. The number of methoxy groups -OCH3 is 1. The van der Waals surface area contributed by atoms with Crippen LogP contribution in [0.15, 0.2) is 12.1 Å². The Kier molecular flexibility index (Phi) is 7.32. The maximum atomic E-state index is 12.1. The number of nitrogens with two attached hydrogens (primary N) is 1. The van der Waals surface area contributed by atoms with E-state index in [0.29, 0.717) is 47.7 Å². The van der Waals surface area contributed by atoms with Crippen molar-refractivity contribution in [3.8, 4) is 5.75 Å². The second-order valence-electron chi connectivity index (χ2n) is 5.12. The number of hydrogen-bond acceptors (Lipinski definition) is 4. The van der Waals surface area contributed by atoms with E-state index in [1.54, 1.807) is 0 Å². The monoisotopic (exact) mass is 314 g/mol. The van der Waals surface area contributed by atoms with Crippen molar-refractivity contribution in [2.75, 3.05) is 32.6 Å². The van der Waals surface area contributed by atoms with Gasteiger partial charge in [0.05, 0.1) is 30.0 Å². The Hall–Kier alpha value is -1.46. The number of carbonyl (C=O) groups excluding carboxylic acids is 1. The molecule has 0 fully saturated rings. The van der Waals surface area contributed by atoms with Crippen LogP contribution >= 0.6 is 11.6 Å². The van der Waals surface area contributed by atoms with Crippen molar-refractivity contribution in [1.29, 1.82) is 0 Å². The lowest BCUT2D eigenvalue weighted by Gasteiger charge is -2.11. The first-order chi connectivity index (χ1) is 9.95. The molecular weight excluding hydrogens is 292 g/mol. The molecule has 1 aromatic rings. The first kappa shape index (κ1) is 17.6. The number of nitrogens with one attached hydrogen (secondary N) is 1. The highest BCUT2D eigenvalue weighted by molar-refractivity contribution is 6.33. The summed E-state index contributed by atoms with van der Waals surface area (Å²) in [6, 6.07) is 3.04. The number of nitrogen functional groups attached to an aromatic ring is 1. The van der Waals surface area contributed by atoms with Crippen LogP contribution in [-0.2, 0) is 4.74 Å². The molecule has 0 spiro atoms. The molecule has 0 aromatic heterocycles. The average Bonchev–Trinajstić information content (AvgIpc) is 2.44. The summed E-state index contributed by atoms with van der Waals surface area (Å²) in [5.41, 5.74) is 6.42. The third kappa shape index (κ3) is 5.81. The summed E-state index contributed by atoms with van der Waals surface area (Å²) >= 11 is 5.93. The van der Waals surface area contributed by atoms with Crippen LogP contribution < -0.4 is 15.8 Å². The first-order valence-corrected chi connectivity index (χ1v) is 7.32. The summed E-state index contributed by atoms with van der Waals surface area (Å²) in [6.07, 6.45) is 1.01. The van der Waals surface area contributed by atoms with E-state index in [-0.39, 0.29) is 5.91 Å². The molecule has 3 N–H and O–H groups in total. The first-order valence-electron chi connectivity index (χ1n) is 6.94. The lowest BCUT2D eigenvalue weighted by Crippen LogP contribution is -2.28. The van der Waals surface area contributed by atoms with E-state index in [1.165, 1.54) is 19.2 Å². The molecule has 0 heterocycles. The number of halogens is 1. The average molecular weight is 315 g/mol. The van der Waals surface area contributed by atoms with Gasteiger partial charge in [0.25, 0.3) is 5.91 Å². The van der Waals surface area contributed by atoms with Crippen molar-refractivity contribution >= 4 is 23.2 Å². The third-order valence-corrected chi connectivity index (χ3v) is 3.26. The molecule has 0 atom stereocenters. The van der Waals surface area contributed by atoms with E-state index in [0.717, 1.165) is 6.42 Å². The fourth-order valence-electron chi connectivity index (χ4n) is 1.67. The summed E-state index contributed by atoms with van der Waals surface area (Å²) in [5.74, 6) is 0.747. The van der Waals surface area contributed by atoms with Gasteiger partial charge in [0.2, 0.25) is 0 Å². The van der Waals surface area contributed by atoms with Crippen molar-refractivity contribution in [2.45, 2.75) is 20.3 Å².